The van der Waals surface area contributed by atoms with Gasteiger partial charge in [-0.3, -0.25) is 9.69 Å². The Morgan fingerprint density at radius 3 is 2.91 bits per heavy atom. The number of hydrogen-bond donors (Lipinski definition) is 0. The van der Waals surface area contributed by atoms with Gasteiger partial charge in [-0.25, -0.2) is 0 Å². The number of carbonyl (C=O) groups excluding carboxylic acids is 1. The summed E-state index contributed by atoms with van der Waals surface area (Å²) in [6.07, 6.45) is 4.43. The standard InChI is InChI=1S/C19H26N2O/c1-14-5-2-3-6-16(14)12-20-10-15-9-17(13-20)18-7-4-8-19(22)21(18)11-15/h2-3,5-6,15,17-18H,4,7-13H2,1H3/t15-,17-,18-/m0/s1. The quantitative estimate of drug-likeness (QED) is 0.838. The highest BCUT2D eigenvalue weighted by Crippen LogP contribution is 2.38. The molecule has 1 aromatic rings. The van der Waals surface area contributed by atoms with Crippen LogP contribution < -0.4 is 0 Å². The van der Waals surface area contributed by atoms with E-state index in [1.54, 1.807) is 0 Å². The van der Waals surface area contributed by atoms with Crippen molar-refractivity contribution in [3.05, 3.63) is 35.4 Å². The van der Waals surface area contributed by atoms with E-state index >= 15 is 0 Å². The molecule has 0 aromatic heterocycles. The maximum Gasteiger partial charge on any atom is 0.222 e. The summed E-state index contributed by atoms with van der Waals surface area (Å²) in [6.45, 7) is 6.60. The monoisotopic (exact) mass is 298 g/mol. The molecule has 118 valence electrons. The lowest BCUT2D eigenvalue weighted by Gasteiger charge is -2.52. The predicted molar refractivity (Wildman–Crippen MR) is 87.4 cm³/mol. The predicted octanol–water partition coefficient (Wildman–Crippen LogP) is 2.83. The van der Waals surface area contributed by atoms with Gasteiger partial charge < -0.3 is 4.90 Å². The Labute approximate surface area is 133 Å². The first-order valence-corrected chi connectivity index (χ1v) is 8.77. The van der Waals surface area contributed by atoms with Gasteiger partial charge in [-0.15, -0.1) is 0 Å². The third-order valence-corrected chi connectivity index (χ3v) is 5.91. The molecule has 3 aliphatic rings. The summed E-state index contributed by atoms with van der Waals surface area (Å²) >= 11 is 0. The summed E-state index contributed by atoms with van der Waals surface area (Å²) in [7, 11) is 0. The van der Waals surface area contributed by atoms with E-state index in [-0.39, 0.29) is 0 Å². The second-order valence-corrected chi connectivity index (χ2v) is 7.49. The number of aryl methyl sites for hydroxylation is 1. The van der Waals surface area contributed by atoms with Crippen molar-refractivity contribution < 1.29 is 4.79 Å². The molecular weight excluding hydrogens is 272 g/mol. The molecule has 0 spiro atoms. The lowest BCUT2D eigenvalue weighted by molar-refractivity contribution is -0.145. The van der Waals surface area contributed by atoms with E-state index in [1.165, 1.54) is 30.5 Å². The van der Waals surface area contributed by atoms with Gasteiger partial charge in [-0.2, -0.15) is 0 Å². The minimum atomic E-state index is 0.415. The molecule has 0 aliphatic carbocycles. The number of carbonyl (C=O) groups is 1. The topological polar surface area (TPSA) is 23.6 Å². The zero-order valence-electron chi connectivity index (χ0n) is 13.5. The first kappa shape index (κ1) is 14.3. The summed E-state index contributed by atoms with van der Waals surface area (Å²) in [5.74, 6) is 1.79. The van der Waals surface area contributed by atoms with Crippen molar-refractivity contribution >= 4 is 5.91 Å². The van der Waals surface area contributed by atoms with Crippen molar-refractivity contribution in [2.75, 3.05) is 19.6 Å². The van der Waals surface area contributed by atoms with Crippen molar-refractivity contribution in [1.29, 1.82) is 0 Å². The van der Waals surface area contributed by atoms with Gasteiger partial charge in [0.15, 0.2) is 0 Å². The largest absolute Gasteiger partial charge is 0.339 e. The van der Waals surface area contributed by atoms with Crippen molar-refractivity contribution in [2.24, 2.45) is 11.8 Å². The van der Waals surface area contributed by atoms with Crippen LogP contribution in [0.15, 0.2) is 24.3 Å². The molecule has 4 rings (SSSR count). The molecule has 3 heteroatoms. The van der Waals surface area contributed by atoms with E-state index in [4.69, 9.17) is 0 Å². The normalized spacial score (nSPS) is 32.0. The third-order valence-electron chi connectivity index (χ3n) is 5.91. The highest BCUT2D eigenvalue weighted by Gasteiger charge is 2.43. The average molecular weight is 298 g/mol. The van der Waals surface area contributed by atoms with Gasteiger partial charge in [0.05, 0.1) is 0 Å². The number of rotatable bonds is 2. The van der Waals surface area contributed by atoms with Gasteiger partial charge in [-0.1, -0.05) is 24.3 Å². The second kappa shape index (κ2) is 5.69. The summed E-state index contributed by atoms with van der Waals surface area (Å²) in [4.78, 5) is 17.1. The van der Waals surface area contributed by atoms with E-state index in [2.05, 4.69) is 41.0 Å². The van der Waals surface area contributed by atoms with Crippen LogP contribution in [0, 0.1) is 18.8 Å². The Balaban J connectivity index is 1.48. The molecule has 3 saturated heterocycles. The molecule has 3 aliphatic heterocycles. The zero-order valence-corrected chi connectivity index (χ0v) is 13.5. The van der Waals surface area contributed by atoms with Crippen LogP contribution in [0.2, 0.25) is 0 Å². The maximum absolute atomic E-state index is 12.2. The minimum Gasteiger partial charge on any atom is -0.339 e. The van der Waals surface area contributed by atoms with E-state index in [9.17, 15) is 4.79 Å². The summed E-state index contributed by atoms with van der Waals surface area (Å²) in [6, 6.07) is 9.26. The van der Waals surface area contributed by atoms with E-state index < -0.39 is 0 Å². The fourth-order valence-corrected chi connectivity index (χ4v) is 4.87. The Bertz CT molecular complexity index is 570. The van der Waals surface area contributed by atoms with Crippen LogP contribution in [0.3, 0.4) is 0 Å². The molecule has 2 bridgehead atoms. The lowest BCUT2D eigenvalue weighted by atomic mass is 9.76. The molecule has 22 heavy (non-hydrogen) atoms. The van der Waals surface area contributed by atoms with Crippen LogP contribution in [0.5, 0.6) is 0 Å². The number of hydrogen-bond acceptors (Lipinski definition) is 2. The first-order valence-electron chi connectivity index (χ1n) is 8.77. The first-order chi connectivity index (χ1) is 10.7. The molecule has 0 saturated carbocycles. The molecule has 0 unspecified atom stereocenters. The average Bonchev–Trinajstić information content (AvgIpc) is 2.51. The number of amides is 1. The summed E-state index contributed by atoms with van der Waals surface area (Å²) in [5.41, 5.74) is 2.85. The fraction of sp³-hybridized carbons (Fsp3) is 0.632. The van der Waals surface area contributed by atoms with Crippen molar-refractivity contribution in [3.63, 3.8) is 0 Å². The van der Waals surface area contributed by atoms with Gasteiger partial charge in [0.1, 0.15) is 0 Å². The van der Waals surface area contributed by atoms with E-state index in [0.29, 0.717) is 23.8 Å². The number of piperidine rings is 3. The molecule has 3 heterocycles. The van der Waals surface area contributed by atoms with Gasteiger partial charge in [0, 0.05) is 38.6 Å². The van der Waals surface area contributed by atoms with Crippen molar-refractivity contribution in [2.45, 2.75) is 45.2 Å². The van der Waals surface area contributed by atoms with E-state index in [1.807, 2.05) is 0 Å². The Kier molecular flexibility index (Phi) is 3.69. The zero-order chi connectivity index (χ0) is 15.1. The fourth-order valence-electron chi connectivity index (χ4n) is 4.87. The summed E-state index contributed by atoms with van der Waals surface area (Å²) in [5, 5.41) is 0. The number of fused-ring (bicyclic) bond motifs is 4. The van der Waals surface area contributed by atoms with Crippen LogP contribution >= 0.6 is 0 Å². The highest BCUT2D eigenvalue weighted by atomic mass is 16.2. The highest BCUT2D eigenvalue weighted by molar-refractivity contribution is 5.77. The van der Waals surface area contributed by atoms with Crippen LogP contribution in [0.1, 0.15) is 36.8 Å². The SMILES string of the molecule is Cc1ccccc1CN1C[C@@H]2C[C@@H](C1)[C@@H]1CCCC(=O)N1C2. The summed E-state index contributed by atoms with van der Waals surface area (Å²) < 4.78 is 0. The molecule has 1 aromatic carbocycles. The van der Waals surface area contributed by atoms with Crippen LogP contribution in [-0.4, -0.2) is 41.4 Å². The van der Waals surface area contributed by atoms with Crippen LogP contribution in [0.25, 0.3) is 0 Å². The molecule has 1 amide bonds. The Hall–Kier alpha value is -1.35. The molecule has 3 nitrogen and oxygen atoms in total. The molecule has 0 radical (unpaired) electrons. The van der Waals surface area contributed by atoms with Gasteiger partial charge in [0.2, 0.25) is 5.91 Å². The third kappa shape index (κ3) is 2.56. The number of likely N-dealkylation sites (tertiary alicyclic amines) is 1. The molecule has 0 N–H and O–H groups in total. The van der Waals surface area contributed by atoms with E-state index in [0.717, 1.165) is 32.5 Å². The Morgan fingerprint density at radius 2 is 2.05 bits per heavy atom. The van der Waals surface area contributed by atoms with Crippen molar-refractivity contribution in [3.8, 4) is 0 Å². The number of nitrogens with zero attached hydrogens (tertiary/aromatic N) is 2. The van der Waals surface area contributed by atoms with Crippen LogP contribution in [0.4, 0.5) is 0 Å². The van der Waals surface area contributed by atoms with Gasteiger partial charge in [-0.05, 0) is 49.1 Å². The van der Waals surface area contributed by atoms with Crippen LogP contribution in [-0.2, 0) is 11.3 Å². The second-order valence-electron chi connectivity index (χ2n) is 7.49. The van der Waals surface area contributed by atoms with Gasteiger partial charge in [0.25, 0.3) is 0 Å². The molecular formula is C19H26N2O. The smallest absolute Gasteiger partial charge is 0.222 e. The Morgan fingerprint density at radius 1 is 1.18 bits per heavy atom. The maximum atomic E-state index is 12.2. The minimum absolute atomic E-state index is 0.415. The molecule has 3 atom stereocenters. The van der Waals surface area contributed by atoms with Gasteiger partial charge >= 0.3 is 0 Å². The number of benzene rings is 1. The van der Waals surface area contributed by atoms with Crippen molar-refractivity contribution in [1.82, 2.24) is 9.80 Å². The molecule has 3 fully saturated rings. The lowest BCUT2D eigenvalue weighted by Crippen LogP contribution is -2.60.